The fourth-order valence-corrected chi connectivity index (χ4v) is 1.87. The van der Waals surface area contributed by atoms with Gasteiger partial charge < -0.3 is 14.9 Å². The Kier molecular flexibility index (Phi) is 4.55. The summed E-state index contributed by atoms with van der Waals surface area (Å²) in [6.07, 6.45) is 0.0952. The first-order valence-corrected chi connectivity index (χ1v) is 6.35. The third-order valence-electron chi connectivity index (χ3n) is 2.94. The lowest BCUT2D eigenvalue weighted by Crippen LogP contribution is -1.95. The smallest absolute Gasteiger partial charge is 0.130 e. The van der Waals surface area contributed by atoms with Crippen LogP contribution in [0.2, 0.25) is 0 Å². The molecule has 19 heavy (non-hydrogen) atoms. The van der Waals surface area contributed by atoms with Gasteiger partial charge in [0.2, 0.25) is 0 Å². The standard InChI is InChI=1S/C16H18O3/c1-12(18)13-6-8-15(9-7-13)19-16-5-3-2-4-14(16)10-11-17/h2-9,12,17-18H,10-11H2,1H3/t12-/m0/s1. The predicted molar refractivity (Wildman–Crippen MR) is 74.4 cm³/mol. The van der Waals surface area contributed by atoms with E-state index in [4.69, 9.17) is 9.84 Å². The molecular formula is C16H18O3. The predicted octanol–water partition coefficient (Wildman–Crippen LogP) is 3.07. The molecule has 3 heteroatoms. The number of para-hydroxylation sites is 1. The molecule has 0 bridgehead atoms. The van der Waals surface area contributed by atoms with Crippen LogP contribution in [0.25, 0.3) is 0 Å². The zero-order valence-corrected chi connectivity index (χ0v) is 10.9. The van der Waals surface area contributed by atoms with Crippen molar-refractivity contribution in [3.05, 3.63) is 59.7 Å². The first kappa shape index (κ1) is 13.6. The van der Waals surface area contributed by atoms with Crippen LogP contribution in [-0.4, -0.2) is 16.8 Å². The van der Waals surface area contributed by atoms with Crippen molar-refractivity contribution in [1.82, 2.24) is 0 Å². The van der Waals surface area contributed by atoms with E-state index in [2.05, 4.69) is 0 Å². The highest BCUT2D eigenvalue weighted by Gasteiger charge is 2.05. The van der Waals surface area contributed by atoms with Gasteiger partial charge in [0, 0.05) is 6.61 Å². The summed E-state index contributed by atoms with van der Waals surface area (Å²) < 4.78 is 5.80. The molecule has 2 N–H and O–H groups in total. The van der Waals surface area contributed by atoms with Crippen molar-refractivity contribution in [3.63, 3.8) is 0 Å². The van der Waals surface area contributed by atoms with E-state index >= 15 is 0 Å². The van der Waals surface area contributed by atoms with Crippen molar-refractivity contribution in [2.75, 3.05) is 6.61 Å². The summed E-state index contributed by atoms with van der Waals surface area (Å²) >= 11 is 0. The van der Waals surface area contributed by atoms with E-state index in [1.165, 1.54) is 0 Å². The highest BCUT2D eigenvalue weighted by atomic mass is 16.5. The fraction of sp³-hybridized carbons (Fsp3) is 0.250. The molecule has 0 aliphatic rings. The Balaban J connectivity index is 2.16. The number of ether oxygens (including phenoxy) is 1. The van der Waals surface area contributed by atoms with Gasteiger partial charge in [-0.15, -0.1) is 0 Å². The monoisotopic (exact) mass is 258 g/mol. The van der Waals surface area contributed by atoms with Crippen molar-refractivity contribution in [1.29, 1.82) is 0 Å². The van der Waals surface area contributed by atoms with Crippen molar-refractivity contribution in [3.8, 4) is 11.5 Å². The molecule has 0 aliphatic carbocycles. The van der Waals surface area contributed by atoms with Gasteiger partial charge >= 0.3 is 0 Å². The van der Waals surface area contributed by atoms with Gasteiger partial charge in [-0.05, 0) is 42.7 Å². The summed E-state index contributed by atoms with van der Waals surface area (Å²) in [5.41, 5.74) is 1.83. The third-order valence-corrected chi connectivity index (χ3v) is 2.94. The van der Waals surface area contributed by atoms with Gasteiger partial charge in [0.1, 0.15) is 11.5 Å². The largest absolute Gasteiger partial charge is 0.457 e. The molecule has 100 valence electrons. The topological polar surface area (TPSA) is 49.7 Å². The van der Waals surface area contributed by atoms with E-state index in [0.717, 1.165) is 22.6 Å². The molecule has 2 aromatic carbocycles. The van der Waals surface area contributed by atoms with Gasteiger partial charge in [-0.1, -0.05) is 30.3 Å². The number of hydrogen-bond donors (Lipinski definition) is 2. The fourth-order valence-electron chi connectivity index (χ4n) is 1.87. The number of benzene rings is 2. The average Bonchev–Trinajstić information content (AvgIpc) is 2.42. The van der Waals surface area contributed by atoms with Crippen LogP contribution in [0, 0.1) is 0 Å². The Morgan fingerprint density at radius 3 is 2.37 bits per heavy atom. The lowest BCUT2D eigenvalue weighted by molar-refractivity contribution is 0.199. The number of rotatable bonds is 5. The third kappa shape index (κ3) is 3.56. The minimum atomic E-state index is -0.476. The Labute approximate surface area is 113 Å². The van der Waals surface area contributed by atoms with E-state index in [1.54, 1.807) is 6.92 Å². The van der Waals surface area contributed by atoms with Crippen molar-refractivity contribution < 1.29 is 14.9 Å². The van der Waals surface area contributed by atoms with Crippen LogP contribution in [0.3, 0.4) is 0 Å². The Bertz CT molecular complexity index is 518. The number of aliphatic hydroxyl groups is 2. The number of hydrogen-bond acceptors (Lipinski definition) is 3. The molecule has 0 radical (unpaired) electrons. The highest BCUT2D eigenvalue weighted by molar-refractivity contribution is 5.38. The van der Waals surface area contributed by atoms with Gasteiger partial charge in [-0.25, -0.2) is 0 Å². The highest BCUT2D eigenvalue weighted by Crippen LogP contribution is 2.26. The van der Waals surface area contributed by atoms with Crippen LogP contribution in [0.5, 0.6) is 11.5 Å². The molecule has 0 aromatic heterocycles. The Morgan fingerprint density at radius 1 is 1.05 bits per heavy atom. The SMILES string of the molecule is C[C@H](O)c1ccc(Oc2ccccc2CCO)cc1. The maximum Gasteiger partial charge on any atom is 0.130 e. The quantitative estimate of drug-likeness (QED) is 0.866. The second-order valence-corrected chi connectivity index (χ2v) is 4.43. The maximum absolute atomic E-state index is 9.45. The zero-order chi connectivity index (χ0) is 13.7. The molecule has 0 aliphatic heterocycles. The summed E-state index contributed by atoms with van der Waals surface area (Å²) in [6.45, 7) is 1.83. The van der Waals surface area contributed by atoms with E-state index < -0.39 is 6.10 Å². The molecule has 0 fully saturated rings. The summed E-state index contributed by atoms with van der Waals surface area (Å²) in [7, 11) is 0. The average molecular weight is 258 g/mol. The lowest BCUT2D eigenvalue weighted by Gasteiger charge is -2.11. The van der Waals surface area contributed by atoms with Gasteiger partial charge in [0.15, 0.2) is 0 Å². The van der Waals surface area contributed by atoms with Crippen LogP contribution in [0.1, 0.15) is 24.2 Å². The molecule has 0 amide bonds. The molecule has 0 saturated carbocycles. The van der Waals surface area contributed by atoms with Crippen molar-refractivity contribution in [2.24, 2.45) is 0 Å². The summed E-state index contributed by atoms with van der Waals surface area (Å²) in [5.74, 6) is 1.47. The van der Waals surface area contributed by atoms with Crippen molar-refractivity contribution >= 4 is 0 Å². The van der Waals surface area contributed by atoms with E-state index in [0.29, 0.717) is 6.42 Å². The molecular weight excluding hydrogens is 240 g/mol. The van der Waals surface area contributed by atoms with Gasteiger partial charge in [0.05, 0.1) is 6.10 Å². The first-order valence-electron chi connectivity index (χ1n) is 6.35. The second-order valence-electron chi connectivity index (χ2n) is 4.43. The Morgan fingerprint density at radius 2 is 1.74 bits per heavy atom. The van der Waals surface area contributed by atoms with Crippen LogP contribution in [-0.2, 0) is 6.42 Å². The van der Waals surface area contributed by atoms with E-state index in [-0.39, 0.29) is 6.61 Å². The molecule has 1 atom stereocenters. The molecule has 0 spiro atoms. The number of aliphatic hydroxyl groups excluding tert-OH is 2. The normalized spacial score (nSPS) is 12.2. The zero-order valence-electron chi connectivity index (χ0n) is 10.9. The van der Waals surface area contributed by atoms with Crippen LogP contribution in [0.4, 0.5) is 0 Å². The summed E-state index contributed by atoms with van der Waals surface area (Å²) in [4.78, 5) is 0. The van der Waals surface area contributed by atoms with Gasteiger partial charge in [-0.2, -0.15) is 0 Å². The molecule has 0 heterocycles. The van der Waals surface area contributed by atoms with Crippen LogP contribution >= 0.6 is 0 Å². The summed E-state index contributed by atoms with van der Waals surface area (Å²) in [5, 5.41) is 18.5. The van der Waals surface area contributed by atoms with Gasteiger partial charge in [-0.3, -0.25) is 0 Å². The van der Waals surface area contributed by atoms with Crippen molar-refractivity contribution in [2.45, 2.75) is 19.4 Å². The van der Waals surface area contributed by atoms with E-state index in [9.17, 15) is 5.11 Å². The molecule has 2 rings (SSSR count). The minimum Gasteiger partial charge on any atom is -0.457 e. The molecule has 3 nitrogen and oxygen atoms in total. The van der Waals surface area contributed by atoms with Gasteiger partial charge in [0.25, 0.3) is 0 Å². The lowest BCUT2D eigenvalue weighted by atomic mass is 10.1. The molecule has 0 saturated heterocycles. The molecule has 0 unspecified atom stereocenters. The summed E-state index contributed by atoms with van der Waals surface area (Å²) in [6, 6.07) is 15.0. The Hall–Kier alpha value is -1.84. The minimum absolute atomic E-state index is 0.0985. The molecule has 2 aromatic rings. The van der Waals surface area contributed by atoms with Crippen LogP contribution < -0.4 is 4.74 Å². The maximum atomic E-state index is 9.45. The second kappa shape index (κ2) is 6.36. The first-order chi connectivity index (χ1) is 9.20. The van der Waals surface area contributed by atoms with E-state index in [1.807, 2.05) is 48.5 Å². The van der Waals surface area contributed by atoms with Crippen LogP contribution in [0.15, 0.2) is 48.5 Å².